The minimum absolute atomic E-state index is 0.122. The fraction of sp³-hybridized carbons (Fsp3) is 0.200. The number of nitrogens with two attached hydrogens (primary N) is 1. The van der Waals surface area contributed by atoms with Crippen molar-refractivity contribution >= 4 is 35.0 Å². The third-order valence-corrected chi connectivity index (χ3v) is 4.88. The summed E-state index contributed by atoms with van der Waals surface area (Å²) in [6.07, 6.45) is 0. The van der Waals surface area contributed by atoms with Gasteiger partial charge in [-0.2, -0.15) is 0 Å². The van der Waals surface area contributed by atoms with E-state index in [0.717, 1.165) is 16.2 Å². The summed E-state index contributed by atoms with van der Waals surface area (Å²) in [6, 6.07) is 13.3. The predicted octanol–water partition coefficient (Wildman–Crippen LogP) is 4.79. The van der Waals surface area contributed by atoms with Crippen LogP contribution in [0.3, 0.4) is 0 Å². The van der Waals surface area contributed by atoms with Crippen LogP contribution < -0.4 is 10.5 Å². The summed E-state index contributed by atoms with van der Waals surface area (Å²) in [5.41, 5.74) is 7.02. The largest absolute Gasteiger partial charge is 0.497 e. The highest BCUT2D eigenvalue weighted by Gasteiger charge is 2.14. The molecule has 1 unspecified atom stereocenters. The molecule has 1 atom stereocenters. The van der Waals surface area contributed by atoms with Gasteiger partial charge in [-0.15, -0.1) is 11.8 Å². The highest BCUT2D eigenvalue weighted by molar-refractivity contribution is 7.99. The molecular formula is C15H15Cl2NOS. The van der Waals surface area contributed by atoms with Crippen molar-refractivity contribution in [2.24, 2.45) is 5.73 Å². The molecule has 0 aromatic heterocycles. The monoisotopic (exact) mass is 327 g/mol. The lowest BCUT2D eigenvalue weighted by molar-refractivity contribution is 0.414. The average Bonchev–Trinajstić information content (AvgIpc) is 2.48. The van der Waals surface area contributed by atoms with Gasteiger partial charge in [0.2, 0.25) is 0 Å². The van der Waals surface area contributed by atoms with E-state index in [-0.39, 0.29) is 5.25 Å². The third-order valence-electron chi connectivity index (χ3n) is 2.86. The van der Waals surface area contributed by atoms with E-state index in [0.29, 0.717) is 16.6 Å². The van der Waals surface area contributed by atoms with Crippen LogP contribution >= 0.6 is 35.0 Å². The summed E-state index contributed by atoms with van der Waals surface area (Å²) in [5.74, 6) is 0.829. The first-order chi connectivity index (χ1) is 9.63. The van der Waals surface area contributed by atoms with Crippen molar-refractivity contribution in [1.29, 1.82) is 0 Å². The van der Waals surface area contributed by atoms with E-state index in [1.807, 2.05) is 30.3 Å². The molecule has 5 heteroatoms. The van der Waals surface area contributed by atoms with Crippen molar-refractivity contribution in [3.8, 4) is 5.75 Å². The molecule has 2 N–H and O–H groups in total. The van der Waals surface area contributed by atoms with Crippen LogP contribution in [0.25, 0.3) is 0 Å². The van der Waals surface area contributed by atoms with E-state index >= 15 is 0 Å². The second-order valence-electron chi connectivity index (χ2n) is 4.19. The Bertz CT molecular complexity index is 575. The van der Waals surface area contributed by atoms with Gasteiger partial charge in [0.1, 0.15) is 5.75 Å². The van der Waals surface area contributed by atoms with E-state index < -0.39 is 0 Å². The Morgan fingerprint density at radius 2 is 1.85 bits per heavy atom. The first kappa shape index (κ1) is 15.5. The molecule has 0 fully saturated rings. The highest BCUT2D eigenvalue weighted by Crippen LogP contribution is 2.39. The first-order valence-electron chi connectivity index (χ1n) is 6.09. The summed E-state index contributed by atoms with van der Waals surface area (Å²) in [6.45, 7) is 0.514. The summed E-state index contributed by atoms with van der Waals surface area (Å²) in [4.78, 5) is 0.936. The Hall–Kier alpha value is -0.870. The van der Waals surface area contributed by atoms with Crippen LogP contribution in [0, 0.1) is 0 Å². The summed E-state index contributed by atoms with van der Waals surface area (Å²) in [7, 11) is 1.65. The molecule has 20 heavy (non-hydrogen) atoms. The number of methoxy groups -OCH3 is 1. The molecular weight excluding hydrogens is 313 g/mol. The average molecular weight is 328 g/mol. The maximum Gasteiger partial charge on any atom is 0.118 e. The number of hydrogen-bond donors (Lipinski definition) is 1. The second kappa shape index (κ2) is 7.23. The van der Waals surface area contributed by atoms with Gasteiger partial charge in [0.25, 0.3) is 0 Å². The number of rotatable bonds is 5. The topological polar surface area (TPSA) is 35.2 Å². The van der Waals surface area contributed by atoms with Gasteiger partial charge in [-0.1, -0.05) is 35.3 Å². The van der Waals surface area contributed by atoms with Crippen LogP contribution in [0.5, 0.6) is 5.75 Å². The number of halogens is 2. The molecule has 0 bridgehead atoms. The Morgan fingerprint density at radius 1 is 1.15 bits per heavy atom. The van der Waals surface area contributed by atoms with Gasteiger partial charge in [-0.05, 0) is 35.9 Å². The predicted molar refractivity (Wildman–Crippen MR) is 87.1 cm³/mol. The molecule has 0 spiro atoms. The standard InChI is InChI=1S/C15H15Cl2NOS/c1-19-12-5-2-10(3-6-12)15(9-18)20-14-8-11(16)4-7-13(14)17/h2-8,15H,9,18H2,1H3. The SMILES string of the molecule is COc1ccc(C(CN)Sc2cc(Cl)ccc2Cl)cc1. The zero-order valence-corrected chi connectivity index (χ0v) is 13.3. The number of benzene rings is 2. The van der Waals surface area contributed by atoms with Gasteiger partial charge in [-0.3, -0.25) is 0 Å². The lowest BCUT2D eigenvalue weighted by Crippen LogP contribution is -2.09. The van der Waals surface area contributed by atoms with Crippen LogP contribution in [-0.2, 0) is 0 Å². The van der Waals surface area contributed by atoms with E-state index in [1.165, 1.54) is 0 Å². The van der Waals surface area contributed by atoms with Gasteiger partial charge < -0.3 is 10.5 Å². The van der Waals surface area contributed by atoms with Gasteiger partial charge in [-0.25, -0.2) is 0 Å². The third kappa shape index (κ3) is 3.83. The maximum absolute atomic E-state index is 6.19. The molecule has 0 aliphatic carbocycles. The molecule has 106 valence electrons. The molecule has 0 saturated carbocycles. The molecule has 0 saturated heterocycles. The van der Waals surface area contributed by atoms with E-state index in [9.17, 15) is 0 Å². The number of ether oxygens (including phenoxy) is 1. The zero-order chi connectivity index (χ0) is 14.5. The van der Waals surface area contributed by atoms with Crippen molar-refractivity contribution in [3.63, 3.8) is 0 Å². The van der Waals surface area contributed by atoms with E-state index in [4.69, 9.17) is 33.7 Å². The Morgan fingerprint density at radius 3 is 2.45 bits per heavy atom. The molecule has 0 heterocycles. The minimum Gasteiger partial charge on any atom is -0.497 e. The molecule has 2 nitrogen and oxygen atoms in total. The van der Waals surface area contributed by atoms with Gasteiger partial charge >= 0.3 is 0 Å². The lowest BCUT2D eigenvalue weighted by atomic mass is 10.1. The molecule has 0 aliphatic heterocycles. The van der Waals surface area contributed by atoms with E-state index in [2.05, 4.69) is 0 Å². The highest BCUT2D eigenvalue weighted by atomic mass is 35.5. The first-order valence-corrected chi connectivity index (χ1v) is 7.73. The van der Waals surface area contributed by atoms with Crippen molar-refractivity contribution in [1.82, 2.24) is 0 Å². The van der Waals surface area contributed by atoms with Crippen LogP contribution in [0.15, 0.2) is 47.4 Å². The van der Waals surface area contributed by atoms with Crippen molar-refractivity contribution in [2.45, 2.75) is 10.1 Å². The smallest absolute Gasteiger partial charge is 0.118 e. The van der Waals surface area contributed by atoms with Crippen LogP contribution in [0.2, 0.25) is 10.0 Å². The Kier molecular flexibility index (Phi) is 5.61. The van der Waals surface area contributed by atoms with Crippen LogP contribution in [0.4, 0.5) is 0 Å². The number of thioether (sulfide) groups is 1. The summed E-state index contributed by atoms with van der Waals surface area (Å²) >= 11 is 13.8. The zero-order valence-electron chi connectivity index (χ0n) is 11.0. The molecule has 2 aromatic carbocycles. The van der Waals surface area contributed by atoms with Gasteiger partial charge in [0, 0.05) is 21.7 Å². The van der Waals surface area contributed by atoms with Crippen molar-refractivity contribution in [3.05, 3.63) is 58.1 Å². The minimum atomic E-state index is 0.122. The summed E-state index contributed by atoms with van der Waals surface area (Å²) < 4.78 is 5.16. The van der Waals surface area contributed by atoms with Crippen LogP contribution in [-0.4, -0.2) is 13.7 Å². The number of hydrogen-bond acceptors (Lipinski definition) is 3. The second-order valence-corrected chi connectivity index (χ2v) is 6.28. The molecule has 2 aromatic rings. The molecule has 0 aliphatic rings. The Labute approximate surface area is 133 Å². The van der Waals surface area contributed by atoms with Gasteiger partial charge in [0.15, 0.2) is 0 Å². The molecule has 2 rings (SSSR count). The lowest BCUT2D eigenvalue weighted by Gasteiger charge is -2.16. The normalized spacial score (nSPS) is 12.2. The quantitative estimate of drug-likeness (QED) is 0.801. The van der Waals surface area contributed by atoms with Gasteiger partial charge in [0.05, 0.1) is 12.1 Å². The molecule has 0 radical (unpaired) electrons. The van der Waals surface area contributed by atoms with Crippen molar-refractivity contribution < 1.29 is 4.74 Å². The summed E-state index contributed by atoms with van der Waals surface area (Å²) in [5, 5.41) is 1.48. The maximum atomic E-state index is 6.19. The van der Waals surface area contributed by atoms with E-state index in [1.54, 1.807) is 31.0 Å². The van der Waals surface area contributed by atoms with Crippen molar-refractivity contribution in [2.75, 3.05) is 13.7 Å². The fourth-order valence-electron chi connectivity index (χ4n) is 1.79. The fourth-order valence-corrected chi connectivity index (χ4v) is 3.35. The van der Waals surface area contributed by atoms with Crippen LogP contribution in [0.1, 0.15) is 10.8 Å². The Balaban J connectivity index is 2.21. The molecule has 0 amide bonds.